The minimum Gasteiger partial charge on any atom is -0.497 e. The summed E-state index contributed by atoms with van der Waals surface area (Å²) in [5.41, 5.74) is 1.39. The Kier molecular flexibility index (Phi) is 5.50. The minimum absolute atomic E-state index is 0.201. The lowest BCUT2D eigenvalue weighted by Gasteiger charge is -2.36. The van der Waals surface area contributed by atoms with Gasteiger partial charge in [-0.05, 0) is 36.5 Å². The second kappa shape index (κ2) is 7.39. The molecule has 2 nitrogen and oxygen atoms in total. The van der Waals surface area contributed by atoms with Crippen molar-refractivity contribution in [2.24, 2.45) is 5.92 Å². The van der Waals surface area contributed by atoms with Crippen molar-refractivity contribution >= 4 is 23.5 Å². The van der Waals surface area contributed by atoms with E-state index in [0.717, 1.165) is 17.4 Å². The molecule has 0 spiro atoms. The Bertz CT molecular complexity index is 468. The molecule has 1 aliphatic carbocycles. The predicted molar refractivity (Wildman–Crippen MR) is 97.3 cm³/mol. The lowest BCUT2D eigenvalue weighted by molar-refractivity contribution is 0.388. The van der Waals surface area contributed by atoms with Crippen molar-refractivity contribution in [2.45, 2.75) is 42.6 Å². The fourth-order valence-electron chi connectivity index (χ4n) is 3.73. The highest BCUT2D eigenvalue weighted by molar-refractivity contribution is 8.20. The highest BCUT2D eigenvalue weighted by Gasteiger charge is 2.44. The summed E-state index contributed by atoms with van der Waals surface area (Å²) in [4.78, 5) is 0. The van der Waals surface area contributed by atoms with Gasteiger partial charge in [0.1, 0.15) is 11.5 Å². The molecule has 0 amide bonds. The van der Waals surface area contributed by atoms with Crippen LogP contribution in [0.4, 0.5) is 0 Å². The topological polar surface area (TPSA) is 18.5 Å². The van der Waals surface area contributed by atoms with Crippen LogP contribution in [-0.2, 0) is 4.08 Å². The van der Waals surface area contributed by atoms with Gasteiger partial charge in [0.05, 0.1) is 18.3 Å². The molecule has 0 N–H and O–H groups in total. The molecule has 1 saturated carbocycles. The highest BCUT2D eigenvalue weighted by atomic mass is 32.2. The van der Waals surface area contributed by atoms with Crippen molar-refractivity contribution in [2.75, 3.05) is 25.7 Å². The SMILES string of the molecule is COc1cc(OC)cc(C2(C3CCCCCC3)SCCS2)c1. The van der Waals surface area contributed by atoms with Crippen molar-refractivity contribution < 1.29 is 9.47 Å². The van der Waals surface area contributed by atoms with Crippen LogP contribution < -0.4 is 9.47 Å². The average Bonchev–Trinajstić information content (AvgIpc) is 2.91. The number of ether oxygens (including phenoxy) is 2. The summed E-state index contributed by atoms with van der Waals surface area (Å²) in [7, 11) is 3.48. The summed E-state index contributed by atoms with van der Waals surface area (Å²) in [5, 5.41) is 0. The number of rotatable bonds is 4. The molecule has 1 aliphatic heterocycles. The number of hydrogen-bond donors (Lipinski definition) is 0. The zero-order valence-corrected chi connectivity index (χ0v) is 15.2. The molecule has 2 fully saturated rings. The first kappa shape index (κ1) is 16.4. The second-order valence-electron chi connectivity index (χ2n) is 6.15. The van der Waals surface area contributed by atoms with Crippen LogP contribution in [0.2, 0.25) is 0 Å². The van der Waals surface area contributed by atoms with Crippen LogP contribution >= 0.6 is 23.5 Å². The van der Waals surface area contributed by atoms with Gasteiger partial charge in [-0.3, -0.25) is 0 Å². The molecule has 0 radical (unpaired) electrons. The maximum Gasteiger partial charge on any atom is 0.122 e. The normalized spacial score (nSPS) is 22.3. The summed E-state index contributed by atoms with van der Waals surface area (Å²) in [5.74, 6) is 5.09. The van der Waals surface area contributed by atoms with E-state index in [0.29, 0.717) is 0 Å². The van der Waals surface area contributed by atoms with Crippen LogP contribution in [0.25, 0.3) is 0 Å². The van der Waals surface area contributed by atoms with Crippen LogP contribution in [0.5, 0.6) is 11.5 Å². The molecular formula is C18H26O2S2. The highest BCUT2D eigenvalue weighted by Crippen LogP contribution is 2.60. The van der Waals surface area contributed by atoms with E-state index in [4.69, 9.17) is 9.47 Å². The Balaban J connectivity index is 1.99. The van der Waals surface area contributed by atoms with Gasteiger partial charge in [-0.25, -0.2) is 0 Å². The van der Waals surface area contributed by atoms with Gasteiger partial charge in [0.2, 0.25) is 0 Å². The van der Waals surface area contributed by atoms with Crippen LogP contribution in [0.1, 0.15) is 44.1 Å². The van der Waals surface area contributed by atoms with Crippen molar-refractivity contribution in [1.29, 1.82) is 0 Å². The van der Waals surface area contributed by atoms with Crippen molar-refractivity contribution in [3.8, 4) is 11.5 Å². The van der Waals surface area contributed by atoms with E-state index in [-0.39, 0.29) is 4.08 Å². The largest absolute Gasteiger partial charge is 0.497 e. The summed E-state index contributed by atoms with van der Waals surface area (Å²) in [6.07, 6.45) is 8.30. The molecule has 0 atom stereocenters. The van der Waals surface area contributed by atoms with Crippen LogP contribution in [0, 0.1) is 5.92 Å². The Morgan fingerprint density at radius 1 is 0.864 bits per heavy atom. The Hall–Kier alpha value is -0.480. The van der Waals surface area contributed by atoms with Gasteiger partial charge in [-0.15, -0.1) is 23.5 Å². The molecule has 22 heavy (non-hydrogen) atoms. The summed E-state index contributed by atoms with van der Waals surface area (Å²) in [6, 6.07) is 6.45. The maximum absolute atomic E-state index is 5.52. The average molecular weight is 339 g/mol. The molecule has 4 heteroatoms. The molecule has 122 valence electrons. The van der Waals surface area contributed by atoms with Gasteiger partial charge in [0.15, 0.2) is 0 Å². The van der Waals surface area contributed by atoms with Crippen molar-refractivity contribution in [1.82, 2.24) is 0 Å². The third-order valence-electron chi connectivity index (χ3n) is 4.86. The lowest BCUT2D eigenvalue weighted by Crippen LogP contribution is -2.26. The standard InChI is InChI=1S/C18H26O2S2/c1-19-16-11-15(12-17(13-16)20-2)18(21-9-10-22-18)14-7-5-3-4-6-8-14/h11-14H,3-10H2,1-2H3. The van der Waals surface area contributed by atoms with Crippen molar-refractivity contribution in [3.05, 3.63) is 23.8 Å². The summed E-state index contributed by atoms with van der Waals surface area (Å²) >= 11 is 4.30. The summed E-state index contributed by atoms with van der Waals surface area (Å²) in [6.45, 7) is 0. The number of thioether (sulfide) groups is 2. The van der Waals surface area contributed by atoms with Gasteiger partial charge in [-0.1, -0.05) is 25.7 Å². The Morgan fingerprint density at radius 2 is 1.41 bits per heavy atom. The van der Waals surface area contributed by atoms with Crippen LogP contribution in [0.15, 0.2) is 18.2 Å². The van der Waals surface area contributed by atoms with Crippen molar-refractivity contribution in [3.63, 3.8) is 0 Å². The fourth-order valence-corrected chi connectivity index (χ4v) is 7.35. The Labute approximate surface area is 142 Å². The Morgan fingerprint density at radius 3 is 1.91 bits per heavy atom. The summed E-state index contributed by atoms with van der Waals surface area (Å²) < 4.78 is 11.2. The molecule has 0 unspecified atom stereocenters. The predicted octanol–water partition coefficient (Wildman–Crippen LogP) is 5.31. The number of hydrogen-bond acceptors (Lipinski definition) is 4. The van der Waals surface area contributed by atoms with Gasteiger partial charge in [0, 0.05) is 17.6 Å². The monoisotopic (exact) mass is 338 g/mol. The van der Waals surface area contributed by atoms with E-state index in [1.54, 1.807) is 14.2 Å². The molecule has 2 aliphatic rings. The zero-order valence-electron chi connectivity index (χ0n) is 13.6. The lowest BCUT2D eigenvalue weighted by atomic mass is 9.91. The van der Waals surface area contributed by atoms with Gasteiger partial charge >= 0.3 is 0 Å². The molecule has 1 heterocycles. The van der Waals surface area contributed by atoms with E-state index in [1.807, 2.05) is 6.07 Å². The zero-order chi connectivity index (χ0) is 15.4. The maximum atomic E-state index is 5.52. The molecular weight excluding hydrogens is 312 g/mol. The third-order valence-corrected chi connectivity index (χ3v) is 8.64. The van der Waals surface area contributed by atoms with E-state index in [1.165, 1.54) is 55.6 Å². The molecule has 1 saturated heterocycles. The van der Waals surface area contributed by atoms with E-state index in [9.17, 15) is 0 Å². The van der Waals surface area contributed by atoms with Gasteiger partial charge < -0.3 is 9.47 Å². The smallest absolute Gasteiger partial charge is 0.122 e. The van der Waals surface area contributed by atoms with E-state index in [2.05, 4.69) is 35.7 Å². The molecule has 1 aromatic carbocycles. The number of benzene rings is 1. The van der Waals surface area contributed by atoms with E-state index < -0.39 is 0 Å². The van der Waals surface area contributed by atoms with Crippen LogP contribution in [0.3, 0.4) is 0 Å². The first-order chi connectivity index (χ1) is 10.8. The molecule has 0 bridgehead atoms. The quantitative estimate of drug-likeness (QED) is 0.693. The molecule has 3 rings (SSSR count). The first-order valence-corrected chi connectivity index (χ1v) is 10.3. The molecule has 1 aromatic rings. The fraction of sp³-hybridized carbons (Fsp3) is 0.667. The minimum atomic E-state index is 0.201. The second-order valence-corrected chi connectivity index (χ2v) is 9.09. The van der Waals surface area contributed by atoms with E-state index >= 15 is 0 Å². The third kappa shape index (κ3) is 3.23. The first-order valence-electron chi connectivity index (χ1n) is 8.30. The van der Waals surface area contributed by atoms with Crippen LogP contribution in [-0.4, -0.2) is 25.7 Å². The van der Waals surface area contributed by atoms with Gasteiger partial charge in [-0.2, -0.15) is 0 Å². The van der Waals surface area contributed by atoms with Gasteiger partial charge in [0.25, 0.3) is 0 Å². The molecule has 0 aromatic heterocycles. The number of methoxy groups -OCH3 is 2.